The summed E-state index contributed by atoms with van der Waals surface area (Å²) < 4.78 is 0. The van der Waals surface area contributed by atoms with Crippen molar-refractivity contribution >= 4 is 23.8 Å². The third-order valence-corrected chi connectivity index (χ3v) is 4.43. The summed E-state index contributed by atoms with van der Waals surface area (Å²) in [5, 5.41) is 12.1. The maximum atomic E-state index is 12.0. The number of carboxylic acid groups (broad SMARTS) is 1. The Kier molecular flexibility index (Phi) is 6.32. The molecule has 0 spiro atoms. The molecule has 6 heteroatoms. The van der Waals surface area contributed by atoms with E-state index in [-0.39, 0.29) is 6.03 Å². The third kappa shape index (κ3) is 4.40. The van der Waals surface area contributed by atoms with E-state index in [0.717, 1.165) is 18.6 Å². The molecule has 0 bridgehead atoms. The fraction of sp³-hybridized carbons (Fsp3) is 0.833. The zero-order valence-electron chi connectivity index (χ0n) is 11.0. The van der Waals surface area contributed by atoms with Gasteiger partial charge in [0.2, 0.25) is 0 Å². The predicted octanol–water partition coefficient (Wildman–Crippen LogP) is 1.78. The van der Waals surface area contributed by atoms with Crippen molar-refractivity contribution in [2.75, 3.05) is 18.8 Å². The lowest BCUT2D eigenvalue weighted by atomic mass is 10.2. The highest BCUT2D eigenvalue weighted by Crippen LogP contribution is 2.21. The first-order chi connectivity index (χ1) is 8.58. The minimum Gasteiger partial charge on any atom is -0.480 e. The fourth-order valence-corrected chi connectivity index (χ4v) is 3.12. The van der Waals surface area contributed by atoms with Crippen LogP contribution in [0.3, 0.4) is 0 Å². The highest BCUT2D eigenvalue weighted by atomic mass is 32.2. The van der Waals surface area contributed by atoms with E-state index >= 15 is 0 Å². The molecule has 0 saturated carbocycles. The van der Waals surface area contributed by atoms with Crippen LogP contribution in [0.1, 0.15) is 33.1 Å². The van der Waals surface area contributed by atoms with Crippen molar-refractivity contribution in [3.05, 3.63) is 0 Å². The van der Waals surface area contributed by atoms with Gasteiger partial charge in [-0.05, 0) is 12.8 Å². The Morgan fingerprint density at radius 1 is 1.50 bits per heavy atom. The Morgan fingerprint density at radius 2 is 2.22 bits per heavy atom. The Bertz CT molecular complexity index is 299. The largest absolute Gasteiger partial charge is 0.480 e. The summed E-state index contributed by atoms with van der Waals surface area (Å²) in [5.41, 5.74) is 0. The highest BCUT2D eigenvalue weighted by molar-refractivity contribution is 8.00. The molecule has 0 aromatic rings. The molecule has 1 aliphatic rings. The SMILES string of the molecule is CCCC(NC(=O)N1CCSC(CC)C1)C(=O)O. The number of carbonyl (C=O) groups is 2. The Morgan fingerprint density at radius 3 is 2.78 bits per heavy atom. The number of carbonyl (C=O) groups excluding carboxylic acids is 1. The quantitative estimate of drug-likeness (QED) is 0.801. The van der Waals surface area contributed by atoms with Gasteiger partial charge in [-0.25, -0.2) is 9.59 Å². The molecule has 2 amide bonds. The number of hydrogen-bond donors (Lipinski definition) is 2. The van der Waals surface area contributed by atoms with Crippen molar-refractivity contribution < 1.29 is 14.7 Å². The molecule has 2 atom stereocenters. The predicted molar refractivity (Wildman–Crippen MR) is 73.0 cm³/mol. The van der Waals surface area contributed by atoms with E-state index in [0.29, 0.717) is 24.8 Å². The first-order valence-electron chi connectivity index (χ1n) is 6.48. The van der Waals surface area contributed by atoms with Crippen molar-refractivity contribution in [2.24, 2.45) is 0 Å². The van der Waals surface area contributed by atoms with Crippen molar-refractivity contribution in [3.63, 3.8) is 0 Å². The molecule has 0 radical (unpaired) electrons. The van der Waals surface area contributed by atoms with Gasteiger partial charge in [0.15, 0.2) is 0 Å². The Hall–Kier alpha value is -0.910. The van der Waals surface area contributed by atoms with Gasteiger partial charge in [0.1, 0.15) is 6.04 Å². The lowest BCUT2D eigenvalue weighted by Gasteiger charge is -2.32. The number of urea groups is 1. The van der Waals surface area contributed by atoms with E-state index in [1.165, 1.54) is 0 Å². The smallest absolute Gasteiger partial charge is 0.326 e. The van der Waals surface area contributed by atoms with Crippen molar-refractivity contribution in [3.8, 4) is 0 Å². The van der Waals surface area contributed by atoms with Crippen LogP contribution in [0.25, 0.3) is 0 Å². The Balaban J connectivity index is 2.50. The zero-order valence-corrected chi connectivity index (χ0v) is 11.8. The van der Waals surface area contributed by atoms with Crippen LogP contribution >= 0.6 is 11.8 Å². The molecule has 0 aliphatic carbocycles. The molecule has 1 rings (SSSR count). The van der Waals surface area contributed by atoms with E-state index in [1.54, 1.807) is 4.90 Å². The van der Waals surface area contributed by atoms with Crippen molar-refractivity contribution in [2.45, 2.75) is 44.4 Å². The Labute approximate surface area is 112 Å². The van der Waals surface area contributed by atoms with E-state index in [9.17, 15) is 9.59 Å². The van der Waals surface area contributed by atoms with E-state index in [4.69, 9.17) is 5.11 Å². The molecule has 104 valence electrons. The molecule has 5 nitrogen and oxygen atoms in total. The maximum absolute atomic E-state index is 12.0. The molecule has 0 aromatic heterocycles. The molecule has 18 heavy (non-hydrogen) atoms. The summed E-state index contributed by atoms with van der Waals surface area (Å²) in [5.74, 6) is -0.0270. The van der Waals surface area contributed by atoms with E-state index < -0.39 is 12.0 Å². The average Bonchev–Trinajstić information content (AvgIpc) is 2.38. The first-order valence-corrected chi connectivity index (χ1v) is 7.53. The maximum Gasteiger partial charge on any atom is 0.326 e. The summed E-state index contributed by atoms with van der Waals surface area (Å²) in [6, 6.07) is -1.01. The summed E-state index contributed by atoms with van der Waals surface area (Å²) in [6.45, 7) is 5.43. The van der Waals surface area contributed by atoms with Gasteiger partial charge in [-0.15, -0.1) is 0 Å². The standard InChI is InChI=1S/C12H22N2O3S/c1-3-5-10(11(15)16)13-12(17)14-6-7-18-9(4-2)8-14/h9-10H,3-8H2,1-2H3,(H,13,17)(H,15,16). The van der Waals surface area contributed by atoms with Crippen molar-refractivity contribution in [1.82, 2.24) is 10.2 Å². The molecule has 1 aliphatic heterocycles. The number of hydrogen-bond acceptors (Lipinski definition) is 3. The molecule has 2 unspecified atom stereocenters. The number of amides is 2. The van der Waals surface area contributed by atoms with Crippen LogP contribution in [0, 0.1) is 0 Å². The summed E-state index contributed by atoms with van der Waals surface area (Å²) in [6.07, 6.45) is 2.25. The lowest BCUT2D eigenvalue weighted by Crippen LogP contribution is -2.51. The number of nitrogens with zero attached hydrogens (tertiary/aromatic N) is 1. The minimum absolute atomic E-state index is 0.241. The number of rotatable bonds is 5. The van der Waals surface area contributed by atoms with Crippen molar-refractivity contribution in [1.29, 1.82) is 0 Å². The van der Waals surface area contributed by atoms with Gasteiger partial charge >= 0.3 is 12.0 Å². The normalized spacial score (nSPS) is 21.4. The highest BCUT2D eigenvalue weighted by Gasteiger charge is 2.26. The van der Waals surface area contributed by atoms with Gasteiger partial charge in [-0.2, -0.15) is 11.8 Å². The average molecular weight is 274 g/mol. The van der Waals surface area contributed by atoms with Gasteiger partial charge in [0.05, 0.1) is 0 Å². The second kappa shape index (κ2) is 7.51. The van der Waals surface area contributed by atoms with E-state index in [1.807, 2.05) is 18.7 Å². The second-order valence-electron chi connectivity index (χ2n) is 4.48. The van der Waals surface area contributed by atoms with Gasteiger partial charge in [-0.1, -0.05) is 20.3 Å². The molecular weight excluding hydrogens is 252 g/mol. The van der Waals surface area contributed by atoms with Gasteiger partial charge in [0.25, 0.3) is 0 Å². The van der Waals surface area contributed by atoms with Crippen LogP contribution in [0.5, 0.6) is 0 Å². The number of carboxylic acids is 1. The molecule has 1 heterocycles. The van der Waals surface area contributed by atoms with Crippen LogP contribution in [0.15, 0.2) is 0 Å². The lowest BCUT2D eigenvalue weighted by molar-refractivity contribution is -0.139. The first kappa shape index (κ1) is 15.1. The topological polar surface area (TPSA) is 69.6 Å². The van der Waals surface area contributed by atoms with E-state index in [2.05, 4.69) is 12.2 Å². The third-order valence-electron chi connectivity index (χ3n) is 3.05. The summed E-state index contributed by atoms with van der Waals surface area (Å²) in [7, 11) is 0. The van der Waals surface area contributed by atoms with Gasteiger partial charge < -0.3 is 15.3 Å². The number of aliphatic carboxylic acids is 1. The van der Waals surface area contributed by atoms with Gasteiger partial charge in [0, 0.05) is 24.1 Å². The fourth-order valence-electron chi connectivity index (χ4n) is 1.94. The van der Waals surface area contributed by atoms with Crippen LogP contribution in [-0.4, -0.2) is 52.1 Å². The molecule has 2 N–H and O–H groups in total. The van der Waals surface area contributed by atoms with Crippen LogP contribution in [-0.2, 0) is 4.79 Å². The van der Waals surface area contributed by atoms with Gasteiger partial charge in [-0.3, -0.25) is 0 Å². The minimum atomic E-state index is -0.955. The monoisotopic (exact) mass is 274 g/mol. The molecule has 1 saturated heterocycles. The number of nitrogens with one attached hydrogen (secondary N) is 1. The molecular formula is C12H22N2O3S. The molecule has 1 fully saturated rings. The zero-order chi connectivity index (χ0) is 13.5. The summed E-state index contributed by atoms with van der Waals surface area (Å²) in [4.78, 5) is 24.7. The number of thioether (sulfide) groups is 1. The summed E-state index contributed by atoms with van der Waals surface area (Å²) >= 11 is 1.88. The second-order valence-corrected chi connectivity index (χ2v) is 5.88. The van der Waals surface area contributed by atoms with Crippen LogP contribution in [0.4, 0.5) is 4.79 Å². The molecule has 0 aromatic carbocycles. The van der Waals surface area contributed by atoms with Crippen LogP contribution < -0.4 is 5.32 Å². The van der Waals surface area contributed by atoms with Crippen LogP contribution in [0.2, 0.25) is 0 Å².